The van der Waals surface area contributed by atoms with Gasteiger partial charge in [-0.2, -0.15) is 0 Å². The van der Waals surface area contributed by atoms with Crippen LogP contribution in [0, 0.1) is 0 Å². The molecule has 0 aliphatic heterocycles. The normalized spacial score (nSPS) is 22.3. The number of esters is 2. The highest BCUT2D eigenvalue weighted by Crippen LogP contribution is 2.47. The topological polar surface area (TPSA) is 230 Å². The quantitative estimate of drug-likeness (QED) is 0.00998. The van der Waals surface area contributed by atoms with Crippen molar-refractivity contribution in [2.75, 3.05) is 13.2 Å². The van der Waals surface area contributed by atoms with E-state index < -0.39 is 81.8 Å². The van der Waals surface area contributed by atoms with Crippen LogP contribution in [0.15, 0.2) is 85.1 Å². The van der Waals surface area contributed by atoms with Gasteiger partial charge in [-0.25, -0.2) is 4.57 Å². The summed E-state index contributed by atoms with van der Waals surface area (Å²) >= 11 is 0. The average molecular weight is 967 g/mol. The van der Waals surface area contributed by atoms with Crippen LogP contribution in [-0.2, 0) is 32.7 Å². The van der Waals surface area contributed by atoms with Crippen LogP contribution in [0.5, 0.6) is 0 Å². The van der Waals surface area contributed by atoms with Gasteiger partial charge in [-0.3, -0.25) is 18.6 Å². The second-order valence-electron chi connectivity index (χ2n) is 17.2. The third kappa shape index (κ3) is 33.2. The molecule has 0 aromatic rings. The molecule has 3 unspecified atom stereocenters. The molecule has 15 heteroatoms. The van der Waals surface area contributed by atoms with E-state index in [1.54, 1.807) is 12.2 Å². The van der Waals surface area contributed by atoms with E-state index in [-0.39, 0.29) is 25.7 Å². The second-order valence-corrected chi connectivity index (χ2v) is 18.6. The fourth-order valence-electron chi connectivity index (χ4n) is 6.98. The molecule has 0 saturated heterocycles. The van der Waals surface area contributed by atoms with Crippen molar-refractivity contribution < 1.29 is 68.2 Å². The summed E-state index contributed by atoms with van der Waals surface area (Å²) < 4.78 is 33.4. The Morgan fingerprint density at radius 1 is 0.537 bits per heavy atom. The Balaban J connectivity index is 2.52. The second kappa shape index (κ2) is 40.8. The van der Waals surface area contributed by atoms with Gasteiger partial charge in [-0.05, 0) is 83.5 Å². The zero-order chi connectivity index (χ0) is 49.4. The summed E-state index contributed by atoms with van der Waals surface area (Å²) in [6.07, 6.45) is 36.4. The molecule has 0 aromatic heterocycles. The van der Waals surface area contributed by atoms with Gasteiger partial charge in [-0.1, -0.05) is 157 Å². The first-order chi connectivity index (χ1) is 32.3. The largest absolute Gasteiger partial charge is 0.472 e. The van der Waals surface area contributed by atoms with Crippen LogP contribution in [0.25, 0.3) is 0 Å². The van der Waals surface area contributed by atoms with E-state index in [1.807, 2.05) is 12.2 Å². The predicted molar refractivity (Wildman–Crippen MR) is 264 cm³/mol. The fraction of sp³-hybridized carbons (Fsp3) is 0.692. The number of hydrogen-bond donors (Lipinski definition) is 7. The predicted octanol–water partition coefficient (Wildman–Crippen LogP) is 9.42. The summed E-state index contributed by atoms with van der Waals surface area (Å²) in [5, 5.41) is 60.6. The Labute approximate surface area is 401 Å². The van der Waals surface area contributed by atoms with Gasteiger partial charge in [0, 0.05) is 12.8 Å². The maximum atomic E-state index is 12.8. The minimum atomic E-state index is -5.18. The lowest BCUT2D eigenvalue weighted by Gasteiger charge is -2.41. The number of ether oxygens (including phenoxy) is 2. The van der Waals surface area contributed by atoms with Crippen molar-refractivity contribution in [3.8, 4) is 0 Å². The van der Waals surface area contributed by atoms with Crippen LogP contribution in [0.3, 0.4) is 0 Å². The Kier molecular flexibility index (Phi) is 37.8. The Morgan fingerprint density at radius 2 is 0.985 bits per heavy atom. The van der Waals surface area contributed by atoms with Crippen LogP contribution in [-0.4, -0.2) is 110 Å². The van der Waals surface area contributed by atoms with Crippen molar-refractivity contribution in [3.05, 3.63) is 85.1 Å². The van der Waals surface area contributed by atoms with Crippen LogP contribution >= 0.6 is 7.82 Å². The Bertz CT molecular complexity index is 1510. The van der Waals surface area contributed by atoms with E-state index in [4.69, 9.17) is 18.5 Å². The lowest BCUT2D eigenvalue weighted by molar-refractivity contribution is -0.220. The summed E-state index contributed by atoms with van der Waals surface area (Å²) in [5.41, 5.74) is 0. The zero-order valence-electron chi connectivity index (χ0n) is 40.5. The van der Waals surface area contributed by atoms with Gasteiger partial charge in [0.2, 0.25) is 0 Å². The Morgan fingerprint density at radius 3 is 1.55 bits per heavy atom. The molecule has 7 N–H and O–H groups in total. The van der Waals surface area contributed by atoms with E-state index >= 15 is 0 Å². The maximum absolute atomic E-state index is 12.8. The number of hydrogen-bond acceptors (Lipinski definition) is 13. The van der Waals surface area contributed by atoms with Crippen LogP contribution in [0.4, 0.5) is 0 Å². The van der Waals surface area contributed by atoms with Gasteiger partial charge in [-0.15, -0.1) is 0 Å². The molecule has 384 valence electrons. The smallest absolute Gasteiger partial charge is 0.462 e. The summed E-state index contributed by atoms with van der Waals surface area (Å²) in [6.45, 7) is 3.08. The molecule has 9 atom stereocenters. The number of unbranched alkanes of at least 4 members (excludes halogenated alkanes) is 13. The van der Waals surface area contributed by atoms with E-state index in [0.29, 0.717) is 6.42 Å². The molecule has 67 heavy (non-hydrogen) atoms. The molecular formula is C52H87O14P. The van der Waals surface area contributed by atoms with Gasteiger partial charge < -0.3 is 45.0 Å². The molecular weight excluding hydrogens is 880 g/mol. The fourth-order valence-corrected chi connectivity index (χ4v) is 7.96. The van der Waals surface area contributed by atoms with E-state index in [1.165, 1.54) is 51.4 Å². The first-order valence-corrected chi connectivity index (χ1v) is 26.5. The first kappa shape index (κ1) is 62.0. The SMILES string of the molecule is CCCCC/C=C\C/C=C\C/C=C\C=C\[C@H](O)CCCC(=O)O[C@H](COC(=O)CCCCCCCC/C=C\C/C=C\C/C=C\CCCCCC)COP(=O)(O)OC1[C@H](O)[C@H](O)C(O)[C@H](O)[C@H]1O. The highest BCUT2D eigenvalue weighted by molar-refractivity contribution is 7.47. The van der Waals surface area contributed by atoms with Crippen molar-refractivity contribution in [1.29, 1.82) is 0 Å². The highest BCUT2D eigenvalue weighted by Gasteiger charge is 2.51. The zero-order valence-corrected chi connectivity index (χ0v) is 41.4. The van der Waals surface area contributed by atoms with Gasteiger partial charge in [0.15, 0.2) is 6.10 Å². The molecule has 1 rings (SSSR count). The summed E-state index contributed by atoms with van der Waals surface area (Å²) in [4.78, 5) is 35.8. The van der Waals surface area contributed by atoms with Crippen LogP contribution < -0.4 is 0 Å². The number of phosphoric ester groups is 1. The number of aliphatic hydroxyl groups excluding tert-OH is 6. The van der Waals surface area contributed by atoms with Crippen LogP contribution in [0.1, 0.15) is 168 Å². The van der Waals surface area contributed by atoms with Crippen molar-refractivity contribution in [3.63, 3.8) is 0 Å². The van der Waals surface area contributed by atoms with Gasteiger partial charge in [0.1, 0.15) is 43.2 Å². The van der Waals surface area contributed by atoms with Crippen LogP contribution in [0.2, 0.25) is 0 Å². The van der Waals surface area contributed by atoms with E-state index in [2.05, 4.69) is 74.6 Å². The molecule has 1 saturated carbocycles. The minimum Gasteiger partial charge on any atom is -0.462 e. The summed E-state index contributed by atoms with van der Waals surface area (Å²) in [7, 11) is -5.18. The van der Waals surface area contributed by atoms with Gasteiger partial charge in [0.25, 0.3) is 0 Å². The number of phosphoric acid groups is 1. The lowest BCUT2D eigenvalue weighted by atomic mass is 9.85. The lowest BCUT2D eigenvalue weighted by Crippen LogP contribution is -2.64. The maximum Gasteiger partial charge on any atom is 0.472 e. The number of carbonyl (C=O) groups excluding carboxylic acids is 2. The summed E-state index contributed by atoms with van der Waals surface area (Å²) in [5.74, 6) is -1.32. The average Bonchev–Trinajstić information content (AvgIpc) is 3.30. The van der Waals surface area contributed by atoms with Crippen molar-refractivity contribution >= 4 is 19.8 Å². The molecule has 0 aromatic carbocycles. The number of carbonyl (C=O) groups is 2. The molecule has 14 nitrogen and oxygen atoms in total. The van der Waals surface area contributed by atoms with Crippen molar-refractivity contribution in [2.24, 2.45) is 0 Å². The monoisotopic (exact) mass is 967 g/mol. The van der Waals surface area contributed by atoms with Crippen molar-refractivity contribution in [2.45, 2.75) is 217 Å². The first-order valence-electron chi connectivity index (χ1n) is 25.0. The van der Waals surface area contributed by atoms with Crippen molar-refractivity contribution in [1.82, 2.24) is 0 Å². The molecule has 0 amide bonds. The number of rotatable bonds is 40. The number of allylic oxidation sites excluding steroid dienone is 13. The molecule has 0 heterocycles. The van der Waals surface area contributed by atoms with Gasteiger partial charge >= 0.3 is 19.8 Å². The minimum absolute atomic E-state index is 0.107. The molecule has 1 aliphatic rings. The third-order valence-corrected chi connectivity index (χ3v) is 12.0. The highest BCUT2D eigenvalue weighted by atomic mass is 31.2. The summed E-state index contributed by atoms with van der Waals surface area (Å²) in [6, 6.07) is 0. The molecule has 0 bridgehead atoms. The molecule has 1 aliphatic carbocycles. The van der Waals surface area contributed by atoms with Gasteiger partial charge in [0.05, 0.1) is 12.7 Å². The Hall–Kier alpha value is -3.01. The number of aliphatic hydroxyl groups is 6. The molecule has 1 fully saturated rings. The van der Waals surface area contributed by atoms with E-state index in [0.717, 1.165) is 70.6 Å². The molecule has 0 spiro atoms. The standard InChI is InChI=1S/C52H87O14P/c1-3-5-7-9-11-13-15-17-18-19-20-21-22-23-25-27-29-31-33-35-39-45(54)63-41-44(42-64-67(61,62)66-52-50(59)48(57)47(56)49(58)51(52)60)65-46(55)40-36-38-43(53)37-34-32-30-28-26-24-16-14-12-10-8-6-4-2/h12-15,18-19,21-22,24,26,30,32,34,37,43-44,47-53,56-60H,3-11,16-17,20,23,25,27-29,31,33,35-36,38-42H2,1-2H3,(H,61,62)/b14-12-,15-13-,19-18-,22-21-,26-24-,32-30-,37-34+/t43-,44+,47?,48-,49+,50+,51+,52?/m0/s1. The molecule has 0 radical (unpaired) electrons. The third-order valence-electron chi connectivity index (χ3n) is 11.1. The van der Waals surface area contributed by atoms with E-state index in [9.17, 15) is 49.7 Å².